The summed E-state index contributed by atoms with van der Waals surface area (Å²) in [6.45, 7) is 5.71. The van der Waals surface area contributed by atoms with Gasteiger partial charge in [-0.15, -0.1) is 0 Å². The molecule has 1 N–H and O–H groups in total. The molecule has 1 aliphatic rings. The van der Waals surface area contributed by atoms with Gasteiger partial charge in [0.2, 0.25) is 10.0 Å². The van der Waals surface area contributed by atoms with Crippen LogP contribution in [0.1, 0.15) is 57.2 Å². The standard InChI is InChI=1S/C26H30B2F6N2O2S/c1-23(2,3)26(27,28)36-14-19(22(25(32,33)34)35-39(37,38)16-7-6-8-16)18-12-11-15(13-21(18)36)17-9-4-5-10-20(17)24(29,30)31/h4-5,9-14,16,22,35H,6-8,27-28H2,1-3H3/t22-/m0/s1. The van der Waals surface area contributed by atoms with E-state index in [9.17, 15) is 34.8 Å². The molecule has 1 fully saturated rings. The highest BCUT2D eigenvalue weighted by atomic mass is 32.2. The Morgan fingerprint density at radius 3 is 2.10 bits per heavy atom. The van der Waals surface area contributed by atoms with Crippen molar-refractivity contribution in [2.75, 3.05) is 0 Å². The second-order valence-electron chi connectivity index (χ2n) is 11.7. The van der Waals surface area contributed by atoms with Crippen LogP contribution in [0.5, 0.6) is 0 Å². The molecule has 1 saturated carbocycles. The van der Waals surface area contributed by atoms with Crippen molar-refractivity contribution in [3.05, 3.63) is 59.8 Å². The minimum Gasteiger partial charge on any atom is -0.357 e. The predicted molar refractivity (Wildman–Crippen MR) is 145 cm³/mol. The number of halogens is 6. The van der Waals surface area contributed by atoms with Crippen molar-refractivity contribution in [1.82, 2.24) is 9.29 Å². The van der Waals surface area contributed by atoms with E-state index in [-0.39, 0.29) is 27.6 Å². The molecule has 1 atom stereocenters. The van der Waals surface area contributed by atoms with E-state index in [0.717, 1.165) is 6.07 Å². The fourth-order valence-electron chi connectivity index (χ4n) is 4.70. The molecular weight excluding hydrogens is 540 g/mol. The maximum Gasteiger partial charge on any atom is 0.417 e. The molecule has 3 aromatic rings. The number of benzene rings is 2. The van der Waals surface area contributed by atoms with Gasteiger partial charge in [0.15, 0.2) is 0 Å². The highest BCUT2D eigenvalue weighted by molar-refractivity contribution is 7.90. The molecule has 0 amide bonds. The maximum absolute atomic E-state index is 14.5. The first kappa shape index (κ1) is 29.6. The van der Waals surface area contributed by atoms with Crippen molar-refractivity contribution < 1.29 is 34.8 Å². The summed E-state index contributed by atoms with van der Waals surface area (Å²) in [5.74, 6) is 0. The fraction of sp³-hybridized carbons (Fsp3) is 0.462. The van der Waals surface area contributed by atoms with Gasteiger partial charge in [-0.2, -0.15) is 31.1 Å². The fourth-order valence-corrected chi connectivity index (χ4v) is 6.44. The summed E-state index contributed by atoms with van der Waals surface area (Å²) in [4.78, 5) is 0. The summed E-state index contributed by atoms with van der Waals surface area (Å²) in [7, 11) is -0.601. The lowest BCUT2D eigenvalue weighted by Crippen LogP contribution is -2.46. The number of fused-ring (bicyclic) bond motifs is 1. The molecule has 1 heterocycles. The Morgan fingerprint density at radius 2 is 1.59 bits per heavy atom. The number of alkyl halides is 6. The van der Waals surface area contributed by atoms with Crippen molar-refractivity contribution in [2.45, 2.75) is 69.0 Å². The van der Waals surface area contributed by atoms with Crippen LogP contribution in [0.3, 0.4) is 0 Å². The van der Waals surface area contributed by atoms with Crippen LogP contribution in [0.25, 0.3) is 22.0 Å². The first-order valence-electron chi connectivity index (χ1n) is 12.6. The van der Waals surface area contributed by atoms with Gasteiger partial charge in [-0.3, -0.25) is 0 Å². The van der Waals surface area contributed by atoms with Crippen molar-refractivity contribution >= 4 is 36.6 Å². The Hall–Kier alpha value is -2.40. The third-order valence-electron chi connectivity index (χ3n) is 8.23. The number of rotatable bonds is 6. The molecule has 0 spiro atoms. The zero-order chi connectivity index (χ0) is 29.2. The molecule has 0 saturated heterocycles. The summed E-state index contributed by atoms with van der Waals surface area (Å²) < 4.78 is 114. The van der Waals surface area contributed by atoms with Gasteiger partial charge in [0, 0.05) is 22.7 Å². The minimum atomic E-state index is -4.95. The molecule has 1 aromatic heterocycles. The molecule has 0 unspecified atom stereocenters. The first-order valence-corrected chi connectivity index (χ1v) is 14.2. The Bertz CT molecular complexity index is 1490. The lowest BCUT2D eigenvalue weighted by Gasteiger charge is -2.41. The molecule has 2 aromatic carbocycles. The summed E-state index contributed by atoms with van der Waals surface area (Å²) >= 11 is 0. The number of sulfonamides is 1. The lowest BCUT2D eigenvalue weighted by molar-refractivity contribution is -0.152. The van der Waals surface area contributed by atoms with Gasteiger partial charge in [0.05, 0.1) is 10.8 Å². The Morgan fingerprint density at radius 1 is 0.974 bits per heavy atom. The second kappa shape index (κ2) is 9.61. The number of nitrogens with zero attached hydrogens (tertiary/aromatic N) is 1. The smallest absolute Gasteiger partial charge is 0.357 e. The first-order chi connectivity index (χ1) is 17.7. The van der Waals surface area contributed by atoms with Gasteiger partial charge in [-0.1, -0.05) is 57.5 Å². The van der Waals surface area contributed by atoms with Crippen LogP contribution in [0, 0.1) is 5.41 Å². The van der Waals surface area contributed by atoms with E-state index in [1.165, 1.54) is 42.6 Å². The molecule has 1 aliphatic carbocycles. The predicted octanol–water partition coefficient (Wildman–Crippen LogP) is 5.33. The van der Waals surface area contributed by atoms with E-state index in [4.69, 9.17) is 0 Å². The van der Waals surface area contributed by atoms with Crippen molar-refractivity contribution in [2.24, 2.45) is 5.41 Å². The third kappa shape index (κ3) is 5.49. The van der Waals surface area contributed by atoms with Gasteiger partial charge in [-0.25, -0.2) is 8.42 Å². The highest BCUT2D eigenvalue weighted by Gasteiger charge is 2.47. The summed E-state index contributed by atoms with van der Waals surface area (Å²) in [5.41, 5.74) is -1.29. The van der Waals surface area contributed by atoms with Gasteiger partial charge in [0.1, 0.15) is 21.7 Å². The zero-order valence-electron chi connectivity index (χ0n) is 22.3. The monoisotopic (exact) mass is 570 g/mol. The number of aromatic nitrogens is 1. The minimum absolute atomic E-state index is 0.104. The van der Waals surface area contributed by atoms with Crippen LogP contribution in [0.2, 0.25) is 0 Å². The molecule has 0 radical (unpaired) electrons. The van der Waals surface area contributed by atoms with Crippen LogP contribution < -0.4 is 4.72 Å². The van der Waals surface area contributed by atoms with Gasteiger partial charge >= 0.3 is 12.4 Å². The van der Waals surface area contributed by atoms with Gasteiger partial charge in [0.25, 0.3) is 0 Å². The molecule has 0 bridgehead atoms. The van der Waals surface area contributed by atoms with Crippen LogP contribution in [0.15, 0.2) is 48.7 Å². The molecule has 0 aliphatic heterocycles. The van der Waals surface area contributed by atoms with Crippen molar-refractivity contribution in [3.63, 3.8) is 0 Å². The number of nitrogens with one attached hydrogen (secondary N) is 1. The van der Waals surface area contributed by atoms with Crippen LogP contribution in [-0.4, -0.2) is 40.1 Å². The van der Waals surface area contributed by atoms with E-state index in [2.05, 4.69) is 0 Å². The Kier molecular flexibility index (Phi) is 7.29. The Balaban J connectivity index is 1.99. The van der Waals surface area contributed by atoms with Crippen LogP contribution >= 0.6 is 0 Å². The molecule has 4 rings (SSSR count). The second-order valence-corrected chi connectivity index (χ2v) is 13.7. The molecule has 4 nitrogen and oxygen atoms in total. The van der Waals surface area contributed by atoms with Crippen molar-refractivity contribution in [1.29, 1.82) is 0 Å². The normalized spacial score (nSPS) is 16.8. The number of hydrogen-bond donors (Lipinski definition) is 1. The average Bonchev–Trinajstić information content (AvgIpc) is 3.13. The third-order valence-corrected chi connectivity index (χ3v) is 10.1. The topological polar surface area (TPSA) is 51.1 Å². The van der Waals surface area contributed by atoms with Crippen LogP contribution in [0.4, 0.5) is 26.3 Å². The lowest BCUT2D eigenvalue weighted by atomic mass is 9.49. The van der Waals surface area contributed by atoms with E-state index in [0.29, 0.717) is 19.3 Å². The SMILES string of the molecule is BC(B)(n1cc([C@H](NS(=O)(=O)C2CCC2)C(F)(F)F)c2ccc(-c3ccccc3C(F)(F)F)cc21)C(C)(C)C. The van der Waals surface area contributed by atoms with Crippen molar-refractivity contribution in [3.8, 4) is 11.1 Å². The molecule has 39 heavy (non-hydrogen) atoms. The van der Waals surface area contributed by atoms with Gasteiger partial charge < -0.3 is 4.57 Å². The quantitative estimate of drug-likeness (QED) is 0.322. The summed E-state index contributed by atoms with van der Waals surface area (Å²) in [5, 5.41) is -1.58. The largest absolute Gasteiger partial charge is 0.417 e. The average molecular weight is 570 g/mol. The molecular formula is C26H30B2F6N2O2S. The summed E-state index contributed by atoms with van der Waals surface area (Å²) in [6, 6.07) is 6.64. The summed E-state index contributed by atoms with van der Waals surface area (Å²) in [6.07, 6.45) is -7.09. The van der Waals surface area contributed by atoms with Crippen LogP contribution in [-0.2, 0) is 21.5 Å². The zero-order valence-corrected chi connectivity index (χ0v) is 23.2. The molecule has 210 valence electrons. The van der Waals surface area contributed by atoms with Gasteiger partial charge in [-0.05, 0) is 46.9 Å². The van der Waals surface area contributed by atoms with E-state index < -0.39 is 50.0 Å². The highest BCUT2D eigenvalue weighted by Crippen LogP contribution is 2.44. The van der Waals surface area contributed by atoms with E-state index in [1.807, 2.05) is 41.2 Å². The number of hydrogen-bond acceptors (Lipinski definition) is 2. The maximum atomic E-state index is 14.5. The van der Waals surface area contributed by atoms with E-state index >= 15 is 0 Å². The van der Waals surface area contributed by atoms with E-state index in [1.54, 1.807) is 4.57 Å². The Labute approximate surface area is 226 Å². The molecule has 13 heteroatoms.